The Morgan fingerprint density at radius 3 is 2.32 bits per heavy atom. The van der Waals surface area contributed by atoms with Crippen LogP contribution >= 0.6 is 23.2 Å². The van der Waals surface area contributed by atoms with Crippen molar-refractivity contribution in [3.05, 3.63) is 57.6 Å². The number of aliphatic carboxylic acids is 1. The van der Waals surface area contributed by atoms with E-state index in [-0.39, 0.29) is 0 Å². The number of rotatable bonds is 9. The zero-order chi connectivity index (χ0) is 23.4. The van der Waals surface area contributed by atoms with Crippen molar-refractivity contribution in [3.63, 3.8) is 0 Å². The lowest BCUT2D eigenvalue weighted by Gasteiger charge is -2.18. The predicted molar refractivity (Wildman–Crippen MR) is 125 cm³/mol. The second-order valence-corrected chi connectivity index (χ2v) is 7.24. The van der Waals surface area contributed by atoms with Crippen LogP contribution in [0.3, 0.4) is 0 Å². The van der Waals surface area contributed by atoms with Crippen LogP contribution in [0.1, 0.15) is 36.7 Å². The van der Waals surface area contributed by atoms with Crippen LogP contribution in [0.5, 0.6) is 0 Å². The van der Waals surface area contributed by atoms with Crippen molar-refractivity contribution in [2.45, 2.75) is 27.3 Å². The van der Waals surface area contributed by atoms with Crippen LogP contribution in [0.25, 0.3) is 0 Å². The molecular formula is C22H29Cl2N3O4. The Morgan fingerprint density at radius 1 is 1.13 bits per heavy atom. The van der Waals surface area contributed by atoms with Crippen molar-refractivity contribution in [1.29, 1.82) is 0 Å². The third kappa shape index (κ3) is 8.75. The second-order valence-electron chi connectivity index (χ2n) is 6.45. The minimum absolute atomic E-state index is 0.291. The van der Waals surface area contributed by atoms with E-state index >= 15 is 0 Å². The Hall–Kier alpha value is -2.32. The summed E-state index contributed by atoms with van der Waals surface area (Å²) < 4.78 is 5.44. The van der Waals surface area contributed by atoms with Crippen LogP contribution in [-0.2, 0) is 16.1 Å². The fourth-order valence-corrected chi connectivity index (χ4v) is 3.20. The fraction of sp³-hybridized carbons (Fsp3) is 0.364. The number of carbonyl (C=O) groups is 2. The van der Waals surface area contributed by atoms with Crippen molar-refractivity contribution in [1.82, 2.24) is 4.90 Å². The van der Waals surface area contributed by atoms with Gasteiger partial charge >= 0.3 is 5.97 Å². The molecule has 4 N–H and O–H groups in total. The molecule has 0 aromatic heterocycles. The summed E-state index contributed by atoms with van der Waals surface area (Å²) in [5.74, 6) is -1.23. The van der Waals surface area contributed by atoms with Gasteiger partial charge in [-0.2, -0.15) is 0 Å². The summed E-state index contributed by atoms with van der Waals surface area (Å²) in [6, 6.07) is 10.6. The molecule has 0 aliphatic carbocycles. The van der Waals surface area contributed by atoms with Crippen molar-refractivity contribution in [2.75, 3.05) is 31.6 Å². The van der Waals surface area contributed by atoms with E-state index in [1.54, 1.807) is 30.3 Å². The zero-order valence-corrected chi connectivity index (χ0v) is 19.5. The van der Waals surface area contributed by atoms with Crippen LogP contribution in [0.15, 0.2) is 36.4 Å². The molecular weight excluding hydrogens is 441 g/mol. The number of nitrogens with zero attached hydrogens (tertiary/aromatic N) is 1. The number of nitrogens with two attached hydrogens (primary N) is 1. The van der Waals surface area contributed by atoms with Gasteiger partial charge < -0.3 is 25.8 Å². The Morgan fingerprint density at radius 2 is 1.74 bits per heavy atom. The van der Waals surface area contributed by atoms with Crippen LogP contribution in [-0.4, -0.2) is 48.2 Å². The number of benzene rings is 2. The topological polar surface area (TPSA) is 105 Å². The SMILES string of the molecule is CC(=O)O.CCN(CC)CCOC(=O)c1ccccc1Nc1c(Cl)ccc(CN)c1Cl. The van der Waals surface area contributed by atoms with Gasteiger partial charge in [-0.1, -0.05) is 55.2 Å². The normalized spacial score (nSPS) is 10.3. The lowest BCUT2D eigenvalue weighted by Crippen LogP contribution is -2.28. The minimum Gasteiger partial charge on any atom is -0.481 e. The Labute approximate surface area is 193 Å². The number of carbonyl (C=O) groups excluding carboxylic acids is 1. The van der Waals surface area contributed by atoms with Gasteiger partial charge in [0.1, 0.15) is 6.61 Å². The number of halogens is 2. The number of anilines is 2. The number of esters is 1. The molecule has 2 rings (SSSR count). The van der Waals surface area contributed by atoms with Crippen molar-refractivity contribution in [2.24, 2.45) is 5.73 Å². The minimum atomic E-state index is -0.833. The molecule has 9 heteroatoms. The van der Waals surface area contributed by atoms with Crippen LogP contribution < -0.4 is 11.1 Å². The number of likely N-dealkylation sites (N-methyl/N-ethyl adjacent to an activating group) is 1. The summed E-state index contributed by atoms with van der Waals surface area (Å²) in [7, 11) is 0. The van der Waals surface area contributed by atoms with E-state index in [1.165, 1.54) is 0 Å². The van der Waals surface area contributed by atoms with Gasteiger partial charge in [-0.3, -0.25) is 4.79 Å². The summed E-state index contributed by atoms with van der Waals surface area (Å²) in [5.41, 5.74) is 7.99. The summed E-state index contributed by atoms with van der Waals surface area (Å²) in [6.45, 7) is 8.39. The molecule has 0 heterocycles. The summed E-state index contributed by atoms with van der Waals surface area (Å²) in [6.07, 6.45) is 0. The van der Waals surface area contributed by atoms with E-state index in [4.69, 9.17) is 43.6 Å². The van der Waals surface area contributed by atoms with E-state index in [1.807, 2.05) is 6.07 Å². The highest BCUT2D eigenvalue weighted by Gasteiger charge is 2.16. The van der Waals surface area contributed by atoms with Gasteiger partial charge in [0.25, 0.3) is 5.97 Å². The summed E-state index contributed by atoms with van der Waals surface area (Å²) in [4.78, 5) is 23.7. The van der Waals surface area contributed by atoms with Gasteiger partial charge in [0.2, 0.25) is 0 Å². The molecule has 31 heavy (non-hydrogen) atoms. The smallest absolute Gasteiger partial charge is 0.340 e. The van der Waals surface area contributed by atoms with E-state index in [0.29, 0.717) is 46.7 Å². The summed E-state index contributed by atoms with van der Waals surface area (Å²) in [5, 5.41) is 11.5. The number of hydrogen-bond acceptors (Lipinski definition) is 6. The molecule has 0 aliphatic heterocycles. The maximum absolute atomic E-state index is 12.5. The fourth-order valence-electron chi connectivity index (χ4n) is 2.66. The first kappa shape index (κ1) is 26.7. The molecule has 0 fully saturated rings. The number of ether oxygens (including phenoxy) is 1. The lowest BCUT2D eigenvalue weighted by atomic mass is 10.1. The van der Waals surface area contributed by atoms with Crippen molar-refractivity contribution in [3.8, 4) is 0 Å². The van der Waals surface area contributed by atoms with Crippen molar-refractivity contribution >= 4 is 46.5 Å². The van der Waals surface area contributed by atoms with Gasteiger partial charge in [-0.25, -0.2) is 4.79 Å². The van der Waals surface area contributed by atoms with Gasteiger partial charge in [0, 0.05) is 20.0 Å². The zero-order valence-electron chi connectivity index (χ0n) is 18.0. The number of carboxylic acid groups (broad SMARTS) is 1. The van der Waals surface area contributed by atoms with Gasteiger partial charge in [0.15, 0.2) is 0 Å². The number of nitrogens with one attached hydrogen (secondary N) is 1. The molecule has 0 atom stereocenters. The average molecular weight is 470 g/mol. The predicted octanol–water partition coefficient (Wildman–Crippen LogP) is 4.79. The first-order valence-corrected chi connectivity index (χ1v) is 10.6. The van der Waals surface area contributed by atoms with Gasteiger partial charge in [-0.15, -0.1) is 0 Å². The Kier molecular flexibility index (Phi) is 12.0. The number of para-hydroxylation sites is 1. The molecule has 0 unspecified atom stereocenters. The third-order valence-electron chi connectivity index (χ3n) is 4.33. The second kappa shape index (κ2) is 13.9. The quantitative estimate of drug-likeness (QED) is 0.453. The Balaban J connectivity index is 0.00000110. The van der Waals surface area contributed by atoms with E-state index in [0.717, 1.165) is 25.6 Å². The molecule has 0 radical (unpaired) electrons. The van der Waals surface area contributed by atoms with Crippen LogP contribution in [0.4, 0.5) is 11.4 Å². The van der Waals surface area contributed by atoms with Crippen LogP contribution in [0, 0.1) is 0 Å². The molecule has 2 aromatic carbocycles. The highest BCUT2D eigenvalue weighted by atomic mass is 35.5. The molecule has 2 aromatic rings. The molecule has 7 nitrogen and oxygen atoms in total. The van der Waals surface area contributed by atoms with Crippen LogP contribution in [0.2, 0.25) is 10.0 Å². The largest absolute Gasteiger partial charge is 0.481 e. The molecule has 170 valence electrons. The molecule has 0 saturated carbocycles. The van der Waals surface area contributed by atoms with E-state index in [2.05, 4.69) is 24.1 Å². The standard InChI is InChI=1S/C20H25Cl2N3O2.C2H4O2/c1-3-25(4-2)11-12-27-20(26)15-7-5-6-8-17(15)24-19-16(21)10-9-14(13-23)18(19)22;1-2(3)4/h5-10,24H,3-4,11-13,23H2,1-2H3;1H3,(H,3,4). The molecule has 0 aliphatic rings. The number of hydrogen-bond donors (Lipinski definition) is 3. The van der Waals surface area contributed by atoms with Gasteiger partial charge in [-0.05, 0) is 36.9 Å². The molecule has 0 bridgehead atoms. The summed E-state index contributed by atoms with van der Waals surface area (Å²) >= 11 is 12.7. The number of carboxylic acids is 1. The monoisotopic (exact) mass is 469 g/mol. The van der Waals surface area contributed by atoms with Crippen molar-refractivity contribution < 1.29 is 19.4 Å². The average Bonchev–Trinajstić information content (AvgIpc) is 2.74. The molecule has 0 saturated heterocycles. The highest BCUT2D eigenvalue weighted by molar-refractivity contribution is 6.39. The maximum Gasteiger partial charge on any atom is 0.340 e. The first-order chi connectivity index (χ1) is 14.7. The lowest BCUT2D eigenvalue weighted by molar-refractivity contribution is -0.134. The molecule has 0 amide bonds. The van der Waals surface area contributed by atoms with E-state index in [9.17, 15) is 4.79 Å². The van der Waals surface area contributed by atoms with E-state index < -0.39 is 11.9 Å². The third-order valence-corrected chi connectivity index (χ3v) is 5.08. The highest BCUT2D eigenvalue weighted by Crippen LogP contribution is 2.36. The Bertz CT molecular complexity index is 870. The maximum atomic E-state index is 12.5. The van der Waals surface area contributed by atoms with Gasteiger partial charge in [0.05, 0.1) is 27.0 Å². The molecule has 0 spiro atoms. The first-order valence-electron chi connectivity index (χ1n) is 9.87.